The van der Waals surface area contributed by atoms with Crippen molar-refractivity contribution in [3.63, 3.8) is 0 Å². The van der Waals surface area contributed by atoms with E-state index in [9.17, 15) is 9.59 Å². The third kappa shape index (κ3) is 6.75. The van der Waals surface area contributed by atoms with Crippen LogP contribution in [0.4, 0.5) is 4.79 Å². The van der Waals surface area contributed by atoms with Crippen molar-refractivity contribution in [3.8, 4) is 0 Å². The second-order valence-corrected chi connectivity index (χ2v) is 6.66. The van der Waals surface area contributed by atoms with E-state index in [2.05, 4.69) is 29.4 Å². The second kappa shape index (κ2) is 7.47. The van der Waals surface area contributed by atoms with Gasteiger partial charge >= 0.3 is 12.0 Å². The summed E-state index contributed by atoms with van der Waals surface area (Å²) in [6.45, 7) is 9.08. The monoisotopic (exact) mass is 287 g/mol. The molecule has 0 aromatic rings. The van der Waals surface area contributed by atoms with Crippen LogP contribution in [0.2, 0.25) is 0 Å². The van der Waals surface area contributed by atoms with Crippen molar-refractivity contribution < 1.29 is 14.7 Å². The van der Waals surface area contributed by atoms with Gasteiger partial charge in [-0.1, -0.05) is 20.8 Å². The van der Waals surface area contributed by atoms with Gasteiger partial charge in [-0.2, -0.15) is 0 Å². The highest BCUT2D eigenvalue weighted by Gasteiger charge is 2.31. The van der Waals surface area contributed by atoms with Crippen molar-refractivity contribution in [1.82, 2.24) is 15.5 Å². The number of nitrogens with zero attached hydrogens (tertiary/aromatic N) is 1. The molecule has 0 aromatic carbocycles. The Kier molecular flexibility index (Phi) is 6.99. The van der Waals surface area contributed by atoms with Crippen molar-refractivity contribution in [2.24, 2.45) is 10.8 Å². The fourth-order valence-electron chi connectivity index (χ4n) is 1.92. The molecule has 0 aliphatic heterocycles. The summed E-state index contributed by atoms with van der Waals surface area (Å²) in [4.78, 5) is 24.9. The first-order chi connectivity index (χ1) is 9.02. The van der Waals surface area contributed by atoms with Gasteiger partial charge in [0, 0.05) is 19.6 Å². The van der Waals surface area contributed by atoms with Gasteiger partial charge in [-0.3, -0.25) is 4.79 Å². The van der Waals surface area contributed by atoms with Gasteiger partial charge in [0.2, 0.25) is 0 Å². The Morgan fingerprint density at radius 3 is 2.00 bits per heavy atom. The number of urea groups is 1. The molecule has 20 heavy (non-hydrogen) atoms. The molecule has 0 saturated heterocycles. The van der Waals surface area contributed by atoms with E-state index >= 15 is 0 Å². The molecule has 0 aliphatic carbocycles. The summed E-state index contributed by atoms with van der Waals surface area (Å²) in [6, 6.07) is -0.322. The van der Waals surface area contributed by atoms with Gasteiger partial charge < -0.3 is 20.6 Å². The summed E-state index contributed by atoms with van der Waals surface area (Å²) in [5.41, 5.74) is -0.960. The molecule has 6 heteroatoms. The number of aliphatic carboxylic acids is 1. The third-order valence-electron chi connectivity index (χ3n) is 3.41. The summed E-state index contributed by atoms with van der Waals surface area (Å²) in [5.74, 6) is -0.895. The zero-order valence-corrected chi connectivity index (χ0v) is 13.5. The fourth-order valence-corrected chi connectivity index (χ4v) is 1.92. The van der Waals surface area contributed by atoms with Crippen molar-refractivity contribution in [2.45, 2.75) is 34.1 Å². The molecule has 6 nitrogen and oxygen atoms in total. The Bertz CT molecular complexity index is 343. The van der Waals surface area contributed by atoms with Gasteiger partial charge in [-0.05, 0) is 32.9 Å². The number of carbonyl (C=O) groups is 2. The van der Waals surface area contributed by atoms with Crippen LogP contribution in [-0.2, 0) is 4.79 Å². The maximum absolute atomic E-state index is 11.7. The summed E-state index contributed by atoms with van der Waals surface area (Å²) >= 11 is 0. The smallest absolute Gasteiger partial charge is 0.314 e. The predicted molar refractivity (Wildman–Crippen MR) is 79.8 cm³/mol. The minimum atomic E-state index is -0.920. The van der Waals surface area contributed by atoms with Gasteiger partial charge in [-0.15, -0.1) is 0 Å². The van der Waals surface area contributed by atoms with E-state index in [1.807, 2.05) is 14.1 Å². The average Bonchev–Trinajstić information content (AvgIpc) is 2.31. The van der Waals surface area contributed by atoms with Crippen LogP contribution < -0.4 is 10.6 Å². The standard InChI is InChI=1S/C14H29N3O3/c1-7-14(4,11(18)19)9-16-12(20)15-8-13(2,3)10-17(5)6/h7-10H2,1-6H3,(H,18,19)(H2,15,16,20). The maximum atomic E-state index is 11.7. The number of carbonyl (C=O) groups excluding carboxylic acids is 1. The summed E-state index contributed by atoms with van der Waals surface area (Å²) < 4.78 is 0. The molecule has 2 amide bonds. The average molecular weight is 287 g/mol. The van der Waals surface area contributed by atoms with E-state index in [1.165, 1.54) is 0 Å². The molecule has 0 heterocycles. The van der Waals surface area contributed by atoms with Crippen LogP contribution in [0.3, 0.4) is 0 Å². The van der Waals surface area contributed by atoms with Crippen molar-refractivity contribution >= 4 is 12.0 Å². The van der Waals surface area contributed by atoms with E-state index in [-0.39, 0.29) is 18.0 Å². The van der Waals surface area contributed by atoms with Crippen LogP contribution in [0.1, 0.15) is 34.1 Å². The normalized spacial score (nSPS) is 14.8. The number of amides is 2. The lowest BCUT2D eigenvalue weighted by Crippen LogP contribution is -2.47. The van der Waals surface area contributed by atoms with Crippen LogP contribution in [-0.4, -0.2) is 55.7 Å². The molecule has 0 fully saturated rings. The molecule has 0 spiro atoms. The predicted octanol–water partition coefficient (Wildman–Crippen LogP) is 1.37. The summed E-state index contributed by atoms with van der Waals surface area (Å²) in [6.07, 6.45) is 0.467. The number of hydrogen-bond donors (Lipinski definition) is 3. The Labute approximate surface area is 121 Å². The first kappa shape index (κ1) is 18.7. The topological polar surface area (TPSA) is 81.7 Å². The number of carboxylic acids is 1. The lowest BCUT2D eigenvalue weighted by molar-refractivity contribution is -0.147. The van der Waals surface area contributed by atoms with Gasteiger partial charge in [-0.25, -0.2) is 4.79 Å². The number of nitrogens with one attached hydrogen (secondary N) is 2. The molecular weight excluding hydrogens is 258 g/mol. The lowest BCUT2D eigenvalue weighted by atomic mass is 9.88. The zero-order valence-electron chi connectivity index (χ0n) is 13.5. The van der Waals surface area contributed by atoms with Crippen LogP contribution in [0.15, 0.2) is 0 Å². The molecule has 0 bridgehead atoms. The van der Waals surface area contributed by atoms with Gasteiger partial charge in [0.15, 0.2) is 0 Å². The van der Waals surface area contributed by atoms with Gasteiger partial charge in [0.25, 0.3) is 0 Å². The molecule has 0 rings (SSSR count). The molecule has 0 saturated carbocycles. The number of hydrogen-bond acceptors (Lipinski definition) is 3. The third-order valence-corrected chi connectivity index (χ3v) is 3.41. The minimum absolute atomic E-state index is 0.0400. The van der Waals surface area contributed by atoms with E-state index in [4.69, 9.17) is 5.11 Å². The molecule has 1 atom stereocenters. The van der Waals surface area contributed by atoms with Crippen molar-refractivity contribution in [3.05, 3.63) is 0 Å². The van der Waals surface area contributed by atoms with E-state index in [0.717, 1.165) is 6.54 Å². The SMILES string of the molecule is CCC(C)(CNC(=O)NCC(C)(C)CN(C)C)C(=O)O. The maximum Gasteiger partial charge on any atom is 0.314 e. The second-order valence-electron chi connectivity index (χ2n) is 6.66. The van der Waals surface area contributed by atoms with E-state index in [0.29, 0.717) is 13.0 Å². The Hall–Kier alpha value is -1.30. The zero-order chi connectivity index (χ0) is 16.0. The van der Waals surface area contributed by atoms with Gasteiger partial charge in [0.1, 0.15) is 0 Å². The Morgan fingerprint density at radius 1 is 1.10 bits per heavy atom. The summed E-state index contributed by atoms with van der Waals surface area (Å²) in [7, 11) is 3.97. The Morgan fingerprint density at radius 2 is 1.60 bits per heavy atom. The number of carboxylic acid groups (broad SMARTS) is 1. The molecule has 0 radical (unpaired) electrons. The quantitative estimate of drug-likeness (QED) is 0.630. The van der Waals surface area contributed by atoms with Crippen LogP contribution >= 0.6 is 0 Å². The minimum Gasteiger partial charge on any atom is -0.481 e. The van der Waals surface area contributed by atoms with Crippen molar-refractivity contribution in [2.75, 3.05) is 33.7 Å². The lowest BCUT2D eigenvalue weighted by Gasteiger charge is -2.29. The van der Waals surface area contributed by atoms with Crippen LogP contribution in [0.25, 0.3) is 0 Å². The van der Waals surface area contributed by atoms with Crippen molar-refractivity contribution in [1.29, 1.82) is 0 Å². The van der Waals surface area contributed by atoms with Gasteiger partial charge in [0.05, 0.1) is 5.41 Å². The van der Waals surface area contributed by atoms with E-state index in [1.54, 1.807) is 13.8 Å². The summed E-state index contributed by atoms with van der Waals surface area (Å²) in [5, 5.41) is 14.6. The van der Waals surface area contributed by atoms with Crippen LogP contribution in [0.5, 0.6) is 0 Å². The van der Waals surface area contributed by atoms with Crippen LogP contribution in [0, 0.1) is 10.8 Å². The fraction of sp³-hybridized carbons (Fsp3) is 0.857. The largest absolute Gasteiger partial charge is 0.481 e. The number of rotatable bonds is 8. The first-order valence-corrected chi connectivity index (χ1v) is 6.92. The first-order valence-electron chi connectivity index (χ1n) is 6.92. The molecule has 1 unspecified atom stereocenters. The highest BCUT2D eigenvalue weighted by molar-refractivity contribution is 5.77. The molecule has 0 aliphatic rings. The molecule has 3 N–H and O–H groups in total. The highest BCUT2D eigenvalue weighted by Crippen LogP contribution is 2.19. The molecule has 118 valence electrons. The molecular formula is C14H29N3O3. The highest BCUT2D eigenvalue weighted by atomic mass is 16.4. The van der Waals surface area contributed by atoms with E-state index < -0.39 is 11.4 Å². The Balaban J connectivity index is 4.22. The molecule has 0 aromatic heterocycles.